The van der Waals surface area contributed by atoms with Crippen molar-refractivity contribution in [3.05, 3.63) is 47.5 Å². The Balaban J connectivity index is -0.000000486. The molecule has 36 heavy (non-hydrogen) atoms. The van der Waals surface area contributed by atoms with Gasteiger partial charge in [0.05, 0.1) is 7.11 Å². The van der Waals surface area contributed by atoms with Crippen molar-refractivity contribution < 1.29 is 49.2 Å². The molecule has 16 heteroatoms. The van der Waals surface area contributed by atoms with Gasteiger partial charge >= 0.3 is 11.9 Å². The average Bonchev–Trinajstić information content (AvgIpc) is 2.79. The van der Waals surface area contributed by atoms with Crippen molar-refractivity contribution in [1.29, 1.82) is 0 Å². The molecule has 2 atom stereocenters. The van der Waals surface area contributed by atoms with Crippen LogP contribution >= 0.6 is 33.8 Å². The number of ether oxygens (including phenoxy) is 1. The molecule has 0 bridgehead atoms. The molecule has 0 heterocycles. The maximum atomic E-state index is 11.0. The van der Waals surface area contributed by atoms with Gasteiger partial charge in [-0.05, 0) is 48.2 Å². The van der Waals surface area contributed by atoms with Gasteiger partial charge in [0.25, 0.3) is 0 Å². The Morgan fingerprint density at radius 2 is 1.19 bits per heavy atom. The number of benzene rings is 2. The third-order valence-corrected chi connectivity index (χ3v) is 3.81. The lowest BCUT2D eigenvalue weighted by Gasteiger charge is -2.09. The van der Waals surface area contributed by atoms with Gasteiger partial charge in [-0.15, -0.1) is 12.4 Å². The number of carboxylic acids is 1. The highest BCUT2D eigenvalue weighted by atomic mass is 36.0. The number of methoxy groups -OCH3 is 1. The van der Waals surface area contributed by atoms with Crippen LogP contribution in [0.3, 0.4) is 0 Å². The molecule has 12 nitrogen and oxygen atoms in total. The first-order valence-electron chi connectivity index (χ1n) is 9.30. The second-order valence-corrected chi connectivity index (χ2v) is 8.84. The van der Waals surface area contributed by atoms with E-state index in [2.05, 4.69) is 26.1 Å². The fraction of sp³-hybridized carbons (Fsp3) is 0.300. The lowest BCUT2D eigenvalue weighted by Crippen LogP contribution is -2.33. The molecule has 0 aliphatic heterocycles. The Hall–Kier alpha value is -2.52. The van der Waals surface area contributed by atoms with Gasteiger partial charge < -0.3 is 46.8 Å². The summed E-state index contributed by atoms with van der Waals surface area (Å²) >= 11 is 0. The molecular formula is C20H29Cl3N2O10S. The number of rotatable bonds is 6. The number of carboxylic acid groups (broad SMARTS) is 1. The molecule has 0 saturated carbocycles. The number of aliphatic hydroxyl groups is 1. The highest BCUT2D eigenvalue weighted by Crippen LogP contribution is 2.26. The predicted molar refractivity (Wildman–Crippen MR) is 138 cm³/mol. The molecule has 10 N–H and O–H groups in total. The minimum Gasteiger partial charge on any atom is -0.504 e. The van der Waals surface area contributed by atoms with E-state index in [-0.39, 0.29) is 48.2 Å². The van der Waals surface area contributed by atoms with Crippen molar-refractivity contribution in [2.45, 2.75) is 24.9 Å². The SMILES string of the molecule is CO.COC(=O)C(N)Cc1ccc(O)c(O)c1.Cl.NC(Cc1ccc(O)c(O)c1)C(=O)O.O=S(Cl)Cl. The maximum absolute atomic E-state index is 11.0. The molecule has 2 unspecified atom stereocenters. The topological polar surface area (TPSA) is 234 Å². The van der Waals surface area contributed by atoms with Gasteiger partial charge in [-0.25, -0.2) is 4.21 Å². The summed E-state index contributed by atoms with van der Waals surface area (Å²) in [5.74, 6) is -2.56. The number of carbonyl (C=O) groups excluding carboxylic acids is 1. The molecule has 0 radical (unpaired) electrons. The molecule has 0 saturated heterocycles. The maximum Gasteiger partial charge on any atom is 0.322 e. The average molecular weight is 596 g/mol. The molecule has 0 fully saturated rings. The van der Waals surface area contributed by atoms with Crippen LogP contribution in [-0.4, -0.2) is 73.1 Å². The molecule has 0 aliphatic carbocycles. The zero-order valence-electron chi connectivity index (χ0n) is 19.1. The number of esters is 1. The molecule has 2 aromatic rings. The fourth-order valence-corrected chi connectivity index (χ4v) is 2.22. The Bertz CT molecular complexity index is 965. The van der Waals surface area contributed by atoms with E-state index in [1.807, 2.05) is 0 Å². The number of nitrogens with two attached hydrogens (primary N) is 2. The number of hydrogen-bond donors (Lipinski definition) is 8. The standard InChI is InChI=1S/C10H13NO4.C9H11NO4.CH4O.Cl2OS.ClH/c1-15-10(14)7(11)4-6-2-3-8(12)9(13)5-6;10-6(9(13)14)3-5-1-2-7(11)8(12)4-5;1-2;1-4(2)3;/h2-3,5,7,12-13H,4,11H2,1H3;1-2,4,6,11-12H,3,10H2,(H,13,14);2H,1H3;;1H. The third-order valence-electron chi connectivity index (χ3n) is 3.81. The van der Waals surface area contributed by atoms with Crippen molar-refractivity contribution in [3.63, 3.8) is 0 Å². The molecule has 2 aromatic carbocycles. The quantitative estimate of drug-likeness (QED) is 0.134. The van der Waals surface area contributed by atoms with E-state index >= 15 is 0 Å². The zero-order chi connectivity index (χ0) is 27.7. The second kappa shape index (κ2) is 20.7. The lowest BCUT2D eigenvalue weighted by atomic mass is 10.1. The van der Waals surface area contributed by atoms with Crippen molar-refractivity contribution in [3.8, 4) is 23.0 Å². The Morgan fingerprint density at radius 1 is 0.861 bits per heavy atom. The number of phenols is 4. The molecule has 0 spiro atoms. The summed E-state index contributed by atoms with van der Waals surface area (Å²) in [4.78, 5) is 21.4. The minimum absolute atomic E-state index is 0. The molecule has 2 rings (SSSR count). The van der Waals surface area contributed by atoms with Crippen LogP contribution in [0.2, 0.25) is 0 Å². The number of carbonyl (C=O) groups is 2. The van der Waals surface area contributed by atoms with Gasteiger partial charge in [0.1, 0.15) is 12.1 Å². The second-order valence-electron chi connectivity index (χ2n) is 6.31. The molecular weight excluding hydrogens is 567 g/mol. The van der Waals surface area contributed by atoms with E-state index in [1.54, 1.807) is 6.07 Å². The fourth-order valence-electron chi connectivity index (χ4n) is 2.22. The highest BCUT2D eigenvalue weighted by molar-refractivity contribution is 8.26. The number of halogens is 3. The first-order valence-corrected chi connectivity index (χ1v) is 12.1. The van der Waals surface area contributed by atoms with Crippen LogP contribution in [0.1, 0.15) is 11.1 Å². The largest absolute Gasteiger partial charge is 0.504 e. The summed E-state index contributed by atoms with van der Waals surface area (Å²) in [5, 5.41) is 51.9. The Labute approximate surface area is 224 Å². The Kier molecular flexibility index (Phi) is 21.8. The zero-order valence-corrected chi connectivity index (χ0v) is 22.2. The van der Waals surface area contributed by atoms with E-state index < -0.39 is 33.2 Å². The van der Waals surface area contributed by atoms with E-state index in [0.717, 1.165) is 7.11 Å². The van der Waals surface area contributed by atoms with Crippen LogP contribution in [0.25, 0.3) is 0 Å². The van der Waals surface area contributed by atoms with Crippen molar-refractivity contribution >= 4 is 54.9 Å². The normalized spacial score (nSPS) is 11.0. The summed E-state index contributed by atoms with van der Waals surface area (Å²) < 4.78 is 13.5. The smallest absolute Gasteiger partial charge is 0.322 e. The lowest BCUT2D eigenvalue weighted by molar-refractivity contribution is -0.142. The van der Waals surface area contributed by atoms with E-state index in [1.165, 1.54) is 37.4 Å². The molecule has 0 aliphatic rings. The van der Waals surface area contributed by atoms with Crippen molar-refractivity contribution in [1.82, 2.24) is 0 Å². The summed E-state index contributed by atoms with van der Waals surface area (Å²) in [7, 11) is 9.62. The van der Waals surface area contributed by atoms with Crippen molar-refractivity contribution in [2.75, 3.05) is 14.2 Å². The van der Waals surface area contributed by atoms with Crippen LogP contribution in [0, 0.1) is 0 Å². The first kappa shape index (κ1) is 38.0. The van der Waals surface area contributed by atoms with Crippen molar-refractivity contribution in [2.24, 2.45) is 11.5 Å². The van der Waals surface area contributed by atoms with Crippen LogP contribution in [0.5, 0.6) is 23.0 Å². The van der Waals surface area contributed by atoms with Gasteiger partial charge in [0.2, 0.25) is 9.23 Å². The number of aliphatic carboxylic acids is 1. The van der Waals surface area contributed by atoms with Crippen LogP contribution in [0.4, 0.5) is 0 Å². The molecule has 0 aromatic heterocycles. The van der Waals surface area contributed by atoms with Crippen LogP contribution < -0.4 is 11.5 Å². The van der Waals surface area contributed by atoms with Gasteiger partial charge in [-0.3, -0.25) is 9.59 Å². The van der Waals surface area contributed by atoms with Gasteiger partial charge in [-0.1, -0.05) is 12.1 Å². The number of aromatic hydroxyl groups is 4. The van der Waals surface area contributed by atoms with E-state index in [0.29, 0.717) is 11.1 Å². The predicted octanol–water partition coefficient (Wildman–Crippen LogP) is 1.27. The molecule has 206 valence electrons. The first-order chi connectivity index (χ1) is 16.3. The summed E-state index contributed by atoms with van der Waals surface area (Å²) in [6.45, 7) is 0. The summed E-state index contributed by atoms with van der Waals surface area (Å²) in [6.07, 6.45) is 0.365. The van der Waals surface area contributed by atoms with Crippen LogP contribution in [0.15, 0.2) is 36.4 Å². The van der Waals surface area contributed by atoms with Gasteiger partial charge in [-0.2, -0.15) is 0 Å². The van der Waals surface area contributed by atoms with E-state index in [4.69, 9.17) is 41.2 Å². The highest BCUT2D eigenvalue weighted by Gasteiger charge is 2.15. The third kappa shape index (κ3) is 17.0. The van der Waals surface area contributed by atoms with Gasteiger partial charge in [0, 0.05) is 28.5 Å². The minimum atomic E-state index is -1.67. The number of phenolic OH excluding ortho intramolecular Hbond substituents is 4. The van der Waals surface area contributed by atoms with Gasteiger partial charge in [0.15, 0.2) is 23.0 Å². The summed E-state index contributed by atoms with van der Waals surface area (Å²) in [5.41, 5.74) is 12.0. The Morgan fingerprint density at radius 3 is 1.47 bits per heavy atom. The summed E-state index contributed by atoms with van der Waals surface area (Å²) in [6, 6.07) is 6.61. The monoisotopic (exact) mass is 594 g/mol. The number of aliphatic hydroxyl groups excluding tert-OH is 1. The molecule has 0 amide bonds. The van der Waals surface area contributed by atoms with E-state index in [9.17, 15) is 14.7 Å². The van der Waals surface area contributed by atoms with Crippen LogP contribution in [-0.2, 0) is 36.4 Å². The number of hydrogen-bond acceptors (Lipinski definition) is 11.